The lowest BCUT2D eigenvalue weighted by Gasteiger charge is -2.11. The molecule has 0 aliphatic heterocycles. The average molecular weight is 344 g/mol. The minimum absolute atomic E-state index is 0.0353. The van der Waals surface area contributed by atoms with Gasteiger partial charge in [-0.3, -0.25) is 0 Å². The second-order valence-electron chi connectivity index (χ2n) is 3.71. The van der Waals surface area contributed by atoms with Crippen LogP contribution in [0.3, 0.4) is 0 Å². The summed E-state index contributed by atoms with van der Waals surface area (Å²) in [6.07, 6.45) is 0. The fourth-order valence-corrected chi connectivity index (χ4v) is 2.01. The fourth-order valence-electron chi connectivity index (χ4n) is 1.50. The van der Waals surface area contributed by atoms with Gasteiger partial charge in [0, 0.05) is 22.7 Å². The molecule has 2 nitrogen and oxygen atoms in total. The van der Waals surface area contributed by atoms with Gasteiger partial charge in [0.25, 0.3) is 0 Å². The maximum atomic E-state index is 13.1. The number of benzene rings is 2. The third kappa shape index (κ3) is 3.48. The summed E-state index contributed by atoms with van der Waals surface area (Å²) in [5, 5.41) is 0. The summed E-state index contributed by atoms with van der Waals surface area (Å²) in [6, 6.07) is 7.95. The smallest absolute Gasteiger partial charge is 0.138 e. The van der Waals surface area contributed by atoms with Gasteiger partial charge in [-0.15, -0.1) is 0 Å². The Hall–Kier alpha value is -1.53. The van der Waals surface area contributed by atoms with Gasteiger partial charge in [0.15, 0.2) is 0 Å². The molecular formula is C13H8BrF2NOS. The molecular weight excluding hydrogens is 336 g/mol. The second kappa shape index (κ2) is 5.63. The Morgan fingerprint density at radius 1 is 1.11 bits per heavy atom. The molecule has 98 valence electrons. The molecule has 0 aromatic heterocycles. The van der Waals surface area contributed by atoms with Crippen LogP contribution in [0, 0.1) is 11.6 Å². The van der Waals surface area contributed by atoms with Crippen molar-refractivity contribution in [2.75, 3.05) is 0 Å². The highest BCUT2D eigenvalue weighted by atomic mass is 79.9. The lowest BCUT2D eigenvalue weighted by atomic mass is 10.2. The first-order valence-corrected chi connectivity index (χ1v) is 6.39. The summed E-state index contributed by atoms with van der Waals surface area (Å²) in [7, 11) is 0. The van der Waals surface area contributed by atoms with E-state index in [0.29, 0.717) is 11.3 Å². The van der Waals surface area contributed by atoms with Gasteiger partial charge >= 0.3 is 0 Å². The van der Waals surface area contributed by atoms with Gasteiger partial charge in [-0.25, -0.2) is 8.78 Å². The minimum Gasteiger partial charge on any atom is -0.456 e. The quantitative estimate of drug-likeness (QED) is 0.850. The van der Waals surface area contributed by atoms with Gasteiger partial charge in [0.05, 0.1) is 5.56 Å². The molecule has 19 heavy (non-hydrogen) atoms. The Morgan fingerprint density at radius 3 is 2.32 bits per heavy atom. The summed E-state index contributed by atoms with van der Waals surface area (Å²) in [5.41, 5.74) is 6.05. The Bertz CT molecular complexity index is 628. The van der Waals surface area contributed by atoms with Crippen molar-refractivity contribution in [2.45, 2.75) is 0 Å². The Morgan fingerprint density at radius 2 is 1.74 bits per heavy atom. The van der Waals surface area contributed by atoms with Gasteiger partial charge in [-0.2, -0.15) is 0 Å². The van der Waals surface area contributed by atoms with Crippen molar-refractivity contribution in [3.8, 4) is 11.5 Å². The van der Waals surface area contributed by atoms with Crippen LogP contribution < -0.4 is 10.5 Å². The fraction of sp³-hybridized carbons (Fsp3) is 0. The zero-order valence-electron chi connectivity index (χ0n) is 9.49. The van der Waals surface area contributed by atoms with E-state index in [-0.39, 0.29) is 10.7 Å². The predicted octanol–water partition coefficient (Wildman–Crippen LogP) is 4.15. The molecule has 2 aromatic rings. The van der Waals surface area contributed by atoms with Gasteiger partial charge in [-0.1, -0.05) is 28.1 Å². The first-order valence-electron chi connectivity index (χ1n) is 5.19. The van der Waals surface area contributed by atoms with E-state index in [9.17, 15) is 8.78 Å². The third-order valence-electron chi connectivity index (χ3n) is 2.27. The highest BCUT2D eigenvalue weighted by Crippen LogP contribution is 2.29. The van der Waals surface area contributed by atoms with Crippen LogP contribution in [0.2, 0.25) is 0 Å². The molecule has 2 aromatic carbocycles. The molecule has 0 atom stereocenters. The predicted molar refractivity (Wildman–Crippen MR) is 76.5 cm³/mol. The van der Waals surface area contributed by atoms with E-state index in [1.54, 1.807) is 18.2 Å². The lowest BCUT2D eigenvalue weighted by Crippen LogP contribution is -2.10. The Labute approximate surface area is 122 Å². The van der Waals surface area contributed by atoms with Crippen LogP contribution in [0.25, 0.3) is 0 Å². The maximum Gasteiger partial charge on any atom is 0.138 e. The zero-order valence-corrected chi connectivity index (χ0v) is 11.9. The molecule has 0 saturated heterocycles. The summed E-state index contributed by atoms with van der Waals surface area (Å²) < 4.78 is 32.4. The van der Waals surface area contributed by atoms with Crippen LogP contribution in [-0.4, -0.2) is 4.99 Å². The van der Waals surface area contributed by atoms with Crippen LogP contribution in [0.5, 0.6) is 11.5 Å². The van der Waals surface area contributed by atoms with E-state index in [1.165, 1.54) is 0 Å². The molecule has 0 aliphatic rings. The number of ether oxygens (including phenoxy) is 1. The van der Waals surface area contributed by atoms with Gasteiger partial charge < -0.3 is 10.5 Å². The average Bonchev–Trinajstić information content (AvgIpc) is 2.26. The van der Waals surface area contributed by atoms with Crippen LogP contribution in [0.15, 0.2) is 40.9 Å². The first kappa shape index (κ1) is 13.9. The van der Waals surface area contributed by atoms with Crippen molar-refractivity contribution in [2.24, 2.45) is 5.73 Å². The number of nitrogens with two attached hydrogens (primary N) is 1. The molecule has 2 N–H and O–H groups in total. The zero-order chi connectivity index (χ0) is 14.0. The Balaban J connectivity index is 2.42. The summed E-state index contributed by atoms with van der Waals surface area (Å²) in [5.74, 6) is -1.08. The molecule has 6 heteroatoms. The highest BCUT2D eigenvalue weighted by Gasteiger charge is 2.10. The van der Waals surface area contributed by atoms with Crippen LogP contribution in [0.1, 0.15) is 5.56 Å². The molecule has 0 amide bonds. The third-order valence-corrected chi connectivity index (χ3v) is 2.99. The van der Waals surface area contributed by atoms with Crippen LogP contribution in [0.4, 0.5) is 8.78 Å². The largest absolute Gasteiger partial charge is 0.456 e. The number of hydrogen-bond acceptors (Lipinski definition) is 2. The van der Waals surface area contributed by atoms with Gasteiger partial charge in [0.2, 0.25) is 0 Å². The number of rotatable bonds is 3. The van der Waals surface area contributed by atoms with Crippen LogP contribution >= 0.6 is 28.1 Å². The van der Waals surface area contributed by atoms with E-state index in [4.69, 9.17) is 22.7 Å². The van der Waals surface area contributed by atoms with E-state index < -0.39 is 11.6 Å². The second-order valence-corrected chi connectivity index (χ2v) is 5.07. The van der Waals surface area contributed by atoms with E-state index in [2.05, 4.69) is 15.9 Å². The molecule has 0 saturated carbocycles. The SMILES string of the molecule is NC(=S)c1ccc(Br)cc1Oc1cc(F)cc(F)c1. The molecule has 0 unspecified atom stereocenters. The summed E-state index contributed by atoms with van der Waals surface area (Å²) >= 11 is 8.17. The standard InChI is InChI=1S/C13H8BrF2NOS/c14-7-1-2-11(13(17)19)12(3-7)18-10-5-8(15)4-9(16)6-10/h1-6H,(H2,17,19). The van der Waals surface area contributed by atoms with Crippen molar-refractivity contribution < 1.29 is 13.5 Å². The van der Waals surface area contributed by atoms with Crippen LogP contribution in [-0.2, 0) is 0 Å². The summed E-state index contributed by atoms with van der Waals surface area (Å²) in [4.78, 5) is 0.138. The normalized spacial score (nSPS) is 10.3. The maximum absolute atomic E-state index is 13.1. The first-order chi connectivity index (χ1) is 8.95. The lowest BCUT2D eigenvalue weighted by molar-refractivity contribution is 0.467. The van der Waals surface area contributed by atoms with Crippen molar-refractivity contribution in [3.05, 3.63) is 58.1 Å². The molecule has 0 fully saturated rings. The molecule has 0 heterocycles. The molecule has 2 rings (SSSR count). The van der Waals surface area contributed by atoms with Gasteiger partial charge in [-0.05, 0) is 18.2 Å². The van der Waals surface area contributed by atoms with E-state index in [1.807, 2.05) is 0 Å². The molecule has 0 spiro atoms. The monoisotopic (exact) mass is 343 g/mol. The van der Waals surface area contributed by atoms with Crippen molar-refractivity contribution in [3.63, 3.8) is 0 Å². The van der Waals surface area contributed by atoms with E-state index in [0.717, 1.165) is 22.7 Å². The van der Waals surface area contributed by atoms with E-state index >= 15 is 0 Å². The van der Waals surface area contributed by atoms with Gasteiger partial charge in [0.1, 0.15) is 28.1 Å². The Kier molecular flexibility index (Phi) is 4.11. The number of halogens is 3. The minimum atomic E-state index is -0.720. The topological polar surface area (TPSA) is 35.2 Å². The molecule has 0 radical (unpaired) electrons. The van der Waals surface area contributed by atoms with Crippen molar-refractivity contribution >= 4 is 33.1 Å². The highest BCUT2D eigenvalue weighted by molar-refractivity contribution is 9.10. The van der Waals surface area contributed by atoms with Crippen molar-refractivity contribution in [1.29, 1.82) is 0 Å². The number of hydrogen-bond donors (Lipinski definition) is 1. The number of thiocarbonyl (C=S) groups is 1. The summed E-state index contributed by atoms with van der Waals surface area (Å²) in [6.45, 7) is 0. The molecule has 0 bridgehead atoms. The molecule has 0 aliphatic carbocycles. The van der Waals surface area contributed by atoms with Crippen molar-refractivity contribution in [1.82, 2.24) is 0 Å².